The topological polar surface area (TPSA) is 84.9 Å². The van der Waals surface area contributed by atoms with Crippen molar-refractivity contribution in [1.82, 2.24) is 5.32 Å². The van der Waals surface area contributed by atoms with Crippen molar-refractivity contribution in [2.24, 2.45) is 0 Å². The predicted octanol–water partition coefficient (Wildman–Crippen LogP) is 4.00. The molecule has 1 amide bonds. The van der Waals surface area contributed by atoms with Crippen LogP contribution in [0.4, 0.5) is 0 Å². The number of carbonyl (C=O) groups is 2. The van der Waals surface area contributed by atoms with Crippen LogP contribution in [-0.4, -0.2) is 36.7 Å². The molecule has 0 spiro atoms. The van der Waals surface area contributed by atoms with Gasteiger partial charge in [-0.05, 0) is 18.1 Å². The van der Waals surface area contributed by atoms with Gasteiger partial charge in [-0.2, -0.15) is 0 Å². The number of aromatic hydroxyl groups is 1. The molecule has 0 aliphatic carbocycles. The fraction of sp³-hybridized carbons (Fsp3) is 0.300. The van der Waals surface area contributed by atoms with Gasteiger partial charge >= 0.3 is 5.97 Å². The number of halogens is 2. The lowest BCUT2D eigenvalue weighted by atomic mass is 10.1. The zero-order chi connectivity index (χ0) is 20.7. The highest BCUT2D eigenvalue weighted by atomic mass is 35.5. The summed E-state index contributed by atoms with van der Waals surface area (Å²) in [5.74, 6) is -1.70. The number of nitrogens with one attached hydrogen (secondary N) is 1. The van der Waals surface area contributed by atoms with Gasteiger partial charge in [0.15, 0.2) is 11.5 Å². The minimum atomic E-state index is -0.951. The summed E-state index contributed by atoms with van der Waals surface area (Å²) in [4.78, 5) is 24.8. The minimum Gasteiger partial charge on any atom is -0.505 e. The SMILES string of the molecule is CCCOc1c(Cl)cc(C(=O)N[C@@H](Cc2ccccc2)C(=O)OC)c(O)c1Cl. The molecule has 0 unspecified atom stereocenters. The molecule has 0 aliphatic heterocycles. The van der Waals surface area contributed by atoms with Crippen LogP contribution >= 0.6 is 23.2 Å². The molecule has 2 N–H and O–H groups in total. The number of rotatable bonds is 8. The van der Waals surface area contributed by atoms with E-state index >= 15 is 0 Å². The number of carbonyl (C=O) groups excluding carboxylic acids is 2. The number of benzene rings is 2. The van der Waals surface area contributed by atoms with E-state index in [0.717, 1.165) is 12.0 Å². The zero-order valence-electron chi connectivity index (χ0n) is 15.5. The van der Waals surface area contributed by atoms with Crippen LogP contribution in [0.2, 0.25) is 10.0 Å². The van der Waals surface area contributed by atoms with Crippen molar-refractivity contribution in [1.29, 1.82) is 0 Å². The lowest BCUT2D eigenvalue weighted by Gasteiger charge is -2.18. The molecule has 2 rings (SSSR count). The quantitative estimate of drug-likeness (QED) is 0.624. The summed E-state index contributed by atoms with van der Waals surface area (Å²) in [5, 5.41) is 12.8. The van der Waals surface area contributed by atoms with E-state index in [0.29, 0.717) is 6.61 Å². The molecule has 0 radical (unpaired) electrons. The summed E-state index contributed by atoms with van der Waals surface area (Å²) >= 11 is 12.3. The summed E-state index contributed by atoms with van der Waals surface area (Å²) in [6.45, 7) is 2.26. The van der Waals surface area contributed by atoms with Crippen molar-refractivity contribution in [2.45, 2.75) is 25.8 Å². The third-order valence-corrected chi connectivity index (χ3v) is 4.55. The Kier molecular flexibility index (Phi) is 7.96. The molecule has 0 heterocycles. The molecule has 28 heavy (non-hydrogen) atoms. The van der Waals surface area contributed by atoms with Gasteiger partial charge in [-0.1, -0.05) is 60.5 Å². The van der Waals surface area contributed by atoms with Gasteiger partial charge in [0, 0.05) is 6.42 Å². The van der Waals surface area contributed by atoms with Crippen LogP contribution in [0.15, 0.2) is 36.4 Å². The largest absolute Gasteiger partial charge is 0.505 e. The van der Waals surface area contributed by atoms with Crippen LogP contribution in [0, 0.1) is 0 Å². The van der Waals surface area contributed by atoms with Crippen LogP contribution in [0.25, 0.3) is 0 Å². The number of amides is 1. The zero-order valence-corrected chi connectivity index (χ0v) is 17.0. The summed E-state index contributed by atoms with van der Waals surface area (Å²) in [5.41, 5.74) is 0.669. The lowest BCUT2D eigenvalue weighted by Crippen LogP contribution is -2.43. The average molecular weight is 426 g/mol. The highest BCUT2D eigenvalue weighted by molar-refractivity contribution is 6.39. The number of esters is 1. The van der Waals surface area contributed by atoms with Gasteiger partial charge in [-0.15, -0.1) is 0 Å². The van der Waals surface area contributed by atoms with Gasteiger partial charge in [0.05, 0.1) is 24.3 Å². The van der Waals surface area contributed by atoms with Crippen LogP contribution in [0.1, 0.15) is 29.3 Å². The van der Waals surface area contributed by atoms with Crippen molar-refractivity contribution in [3.63, 3.8) is 0 Å². The molecule has 150 valence electrons. The molecule has 1 atom stereocenters. The summed E-state index contributed by atoms with van der Waals surface area (Å²) in [7, 11) is 1.23. The second kappa shape index (κ2) is 10.2. The maximum atomic E-state index is 12.7. The highest BCUT2D eigenvalue weighted by Crippen LogP contribution is 2.42. The van der Waals surface area contributed by atoms with Gasteiger partial charge in [-0.25, -0.2) is 4.79 Å². The van der Waals surface area contributed by atoms with E-state index in [-0.39, 0.29) is 27.8 Å². The third-order valence-electron chi connectivity index (χ3n) is 3.92. The minimum absolute atomic E-state index is 0.0825. The van der Waals surface area contributed by atoms with E-state index in [4.69, 9.17) is 32.7 Å². The molecule has 2 aromatic rings. The van der Waals surface area contributed by atoms with Gasteiger partial charge in [0.25, 0.3) is 5.91 Å². The Morgan fingerprint density at radius 1 is 1.21 bits per heavy atom. The van der Waals surface area contributed by atoms with E-state index in [1.165, 1.54) is 13.2 Å². The Balaban J connectivity index is 2.26. The lowest BCUT2D eigenvalue weighted by molar-refractivity contribution is -0.142. The summed E-state index contributed by atoms with van der Waals surface area (Å²) in [6.07, 6.45) is 0.940. The fourth-order valence-corrected chi connectivity index (χ4v) is 3.09. The Labute approximate surface area is 173 Å². The van der Waals surface area contributed by atoms with E-state index in [9.17, 15) is 14.7 Å². The molecule has 0 bridgehead atoms. The Morgan fingerprint density at radius 3 is 2.50 bits per heavy atom. The van der Waals surface area contributed by atoms with Crippen LogP contribution in [0.3, 0.4) is 0 Å². The molecule has 0 fully saturated rings. The normalized spacial score (nSPS) is 11.6. The van der Waals surface area contributed by atoms with Crippen molar-refractivity contribution >= 4 is 35.1 Å². The van der Waals surface area contributed by atoms with Crippen molar-refractivity contribution < 1.29 is 24.2 Å². The number of methoxy groups -OCH3 is 1. The van der Waals surface area contributed by atoms with Crippen molar-refractivity contribution in [3.8, 4) is 11.5 Å². The average Bonchev–Trinajstić information content (AvgIpc) is 2.70. The van der Waals surface area contributed by atoms with Crippen LogP contribution in [0.5, 0.6) is 11.5 Å². The first-order chi connectivity index (χ1) is 13.4. The number of phenols is 1. The molecule has 0 aromatic heterocycles. The molecule has 2 aromatic carbocycles. The van der Waals surface area contributed by atoms with E-state index in [1.807, 2.05) is 37.3 Å². The molecule has 0 aliphatic rings. The van der Waals surface area contributed by atoms with Gasteiger partial charge < -0.3 is 19.9 Å². The summed E-state index contributed by atoms with van der Waals surface area (Å²) < 4.78 is 10.2. The maximum absolute atomic E-state index is 12.7. The van der Waals surface area contributed by atoms with Crippen molar-refractivity contribution in [2.75, 3.05) is 13.7 Å². The van der Waals surface area contributed by atoms with Crippen molar-refractivity contribution in [3.05, 3.63) is 57.6 Å². The summed E-state index contributed by atoms with van der Waals surface area (Å²) in [6, 6.07) is 9.45. The molecule has 0 saturated heterocycles. The molecule has 0 saturated carbocycles. The number of hydrogen-bond acceptors (Lipinski definition) is 5. The first-order valence-corrected chi connectivity index (χ1v) is 9.41. The Bertz CT molecular complexity index is 842. The highest BCUT2D eigenvalue weighted by Gasteiger charge is 2.26. The van der Waals surface area contributed by atoms with Gasteiger partial charge in [0.2, 0.25) is 0 Å². The molecular formula is C20H21Cl2NO5. The first kappa shape index (κ1) is 21.9. The Morgan fingerprint density at radius 2 is 1.89 bits per heavy atom. The molecule has 8 heteroatoms. The molecular weight excluding hydrogens is 405 g/mol. The third kappa shape index (κ3) is 5.30. The van der Waals surface area contributed by atoms with Gasteiger partial charge in [0.1, 0.15) is 11.1 Å². The van der Waals surface area contributed by atoms with E-state index in [1.54, 1.807) is 0 Å². The second-order valence-electron chi connectivity index (χ2n) is 5.99. The predicted molar refractivity (Wildman–Crippen MR) is 107 cm³/mol. The van der Waals surface area contributed by atoms with E-state index < -0.39 is 23.7 Å². The van der Waals surface area contributed by atoms with Gasteiger partial charge in [-0.3, -0.25) is 4.79 Å². The van der Waals surface area contributed by atoms with E-state index in [2.05, 4.69) is 5.32 Å². The number of ether oxygens (including phenoxy) is 2. The standard InChI is InChI=1S/C20H21Cl2NO5/c1-3-9-28-18-14(21)11-13(17(24)16(18)22)19(25)23-15(20(26)27-2)10-12-7-5-4-6-8-12/h4-8,11,15,24H,3,9-10H2,1-2H3,(H,23,25)/t15-/m0/s1. The number of hydrogen-bond donors (Lipinski definition) is 2. The van der Waals surface area contributed by atoms with Crippen LogP contribution < -0.4 is 10.1 Å². The second-order valence-corrected chi connectivity index (χ2v) is 6.77. The Hall–Kier alpha value is -2.44. The molecule has 6 nitrogen and oxygen atoms in total. The monoisotopic (exact) mass is 425 g/mol. The van der Waals surface area contributed by atoms with Crippen LogP contribution in [-0.2, 0) is 16.0 Å². The first-order valence-electron chi connectivity index (χ1n) is 8.65. The smallest absolute Gasteiger partial charge is 0.328 e. The fourth-order valence-electron chi connectivity index (χ4n) is 2.52. The number of phenolic OH excluding ortho intramolecular Hbond substituents is 1. The maximum Gasteiger partial charge on any atom is 0.328 e.